The number of ether oxygens (including phenoxy) is 2. The van der Waals surface area contributed by atoms with Gasteiger partial charge in [0.1, 0.15) is 0 Å². The summed E-state index contributed by atoms with van der Waals surface area (Å²) in [5.41, 5.74) is 0.155. The van der Waals surface area contributed by atoms with Crippen molar-refractivity contribution in [1.29, 1.82) is 0 Å². The van der Waals surface area contributed by atoms with Gasteiger partial charge < -0.3 is 14.8 Å². The molecule has 102 valence electrons. The van der Waals surface area contributed by atoms with E-state index in [-0.39, 0.29) is 11.5 Å². The summed E-state index contributed by atoms with van der Waals surface area (Å²) in [6, 6.07) is 0. The van der Waals surface area contributed by atoms with Crippen LogP contribution in [0.15, 0.2) is 0 Å². The summed E-state index contributed by atoms with van der Waals surface area (Å²) < 4.78 is 10.1. The lowest BCUT2D eigenvalue weighted by Gasteiger charge is -2.24. The molecule has 6 heteroatoms. The fraction of sp³-hybridized carbons (Fsp3) is 0.667. The number of hydrogen-bond donors (Lipinski definition) is 1. The molecule has 1 rings (SSSR count). The van der Waals surface area contributed by atoms with Crippen LogP contribution in [0.1, 0.15) is 36.1 Å². The maximum absolute atomic E-state index is 11.6. The molecule has 0 aliphatic rings. The van der Waals surface area contributed by atoms with E-state index in [1.165, 1.54) is 11.3 Å². The molecule has 0 fully saturated rings. The first-order valence-electron chi connectivity index (χ1n) is 5.81. The van der Waals surface area contributed by atoms with Crippen molar-refractivity contribution in [2.75, 3.05) is 25.6 Å². The molecule has 0 aromatic carbocycles. The van der Waals surface area contributed by atoms with Crippen molar-refractivity contribution in [3.63, 3.8) is 0 Å². The van der Waals surface area contributed by atoms with Crippen molar-refractivity contribution in [2.24, 2.45) is 0 Å². The average molecular weight is 272 g/mol. The van der Waals surface area contributed by atoms with E-state index in [0.29, 0.717) is 24.0 Å². The van der Waals surface area contributed by atoms with Gasteiger partial charge in [-0.3, -0.25) is 0 Å². The van der Waals surface area contributed by atoms with Gasteiger partial charge in [-0.05, 0) is 27.7 Å². The Kier molecular flexibility index (Phi) is 5.10. The second kappa shape index (κ2) is 6.15. The third-order valence-electron chi connectivity index (χ3n) is 2.22. The number of hydrogen-bond acceptors (Lipinski definition) is 6. The number of methoxy groups -OCH3 is 1. The molecule has 0 aliphatic heterocycles. The van der Waals surface area contributed by atoms with Gasteiger partial charge in [-0.2, -0.15) is 0 Å². The molecule has 1 heterocycles. The molecule has 0 atom stereocenters. The SMILES string of the molecule is CCOC(=O)c1nc(NC(C)(C)COC)sc1C. The molecular formula is C12H20N2O3S. The highest BCUT2D eigenvalue weighted by atomic mass is 32.1. The smallest absolute Gasteiger partial charge is 0.358 e. The van der Waals surface area contributed by atoms with Crippen molar-refractivity contribution in [2.45, 2.75) is 33.2 Å². The fourth-order valence-electron chi connectivity index (χ4n) is 1.53. The predicted octanol–water partition coefficient (Wildman–Crippen LogP) is 2.47. The Morgan fingerprint density at radius 2 is 2.17 bits per heavy atom. The Balaban J connectivity index is 2.81. The second-order valence-corrected chi connectivity index (χ2v) is 5.79. The Bertz CT molecular complexity index is 415. The molecule has 0 amide bonds. The first-order valence-corrected chi connectivity index (χ1v) is 6.63. The zero-order chi connectivity index (χ0) is 13.8. The zero-order valence-electron chi connectivity index (χ0n) is 11.5. The molecule has 0 saturated heterocycles. The van der Waals surface area contributed by atoms with Gasteiger partial charge in [-0.25, -0.2) is 9.78 Å². The molecule has 0 aliphatic carbocycles. The Morgan fingerprint density at radius 1 is 1.50 bits per heavy atom. The molecule has 1 N–H and O–H groups in total. The molecule has 1 aromatic heterocycles. The topological polar surface area (TPSA) is 60.5 Å². The van der Waals surface area contributed by atoms with Gasteiger partial charge in [0.2, 0.25) is 0 Å². The Hall–Kier alpha value is -1.14. The van der Waals surface area contributed by atoms with Gasteiger partial charge in [-0.15, -0.1) is 11.3 Å². The lowest BCUT2D eigenvalue weighted by atomic mass is 10.1. The molecule has 0 spiro atoms. The van der Waals surface area contributed by atoms with E-state index in [1.807, 2.05) is 20.8 Å². The summed E-state index contributed by atoms with van der Waals surface area (Å²) in [5.74, 6) is -0.371. The summed E-state index contributed by atoms with van der Waals surface area (Å²) in [7, 11) is 1.65. The number of aryl methyl sites for hydroxylation is 1. The monoisotopic (exact) mass is 272 g/mol. The fourth-order valence-corrected chi connectivity index (χ4v) is 2.51. The largest absolute Gasteiger partial charge is 0.461 e. The van der Waals surface area contributed by atoms with E-state index >= 15 is 0 Å². The van der Waals surface area contributed by atoms with E-state index in [1.54, 1.807) is 14.0 Å². The quantitative estimate of drug-likeness (QED) is 0.806. The van der Waals surface area contributed by atoms with E-state index in [9.17, 15) is 4.79 Å². The maximum atomic E-state index is 11.6. The number of thiazole rings is 1. The number of nitrogens with one attached hydrogen (secondary N) is 1. The summed E-state index contributed by atoms with van der Waals surface area (Å²) >= 11 is 1.44. The van der Waals surface area contributed by atoms with Gasteiger partial charge >= 0.3 is 5.97 Å². The standard InChI is InChI=1S/C12H20N2O3S/c1-6-17-10(15)9-8(2)18-11(13-9)14-12(3,4)7-16-5/h6-7H2,1-5H3,(H,13,14). The minimum Gasteiger partial charge on any atom is -0.461 e. The van der Waals surface area contributed by atoms with Crippen LogP contribution in [-0.4, -0.2) is 36.8 Å². The summed E-state index contributed by atoms with van der Waals surface area (Å²) in [4.78, 5) is 16.8. The van der Waals surface area contributed by atoms with Crippen LogP contribution in [0.4, 0.5) is 5.13 Å². The van der Waals surface area contributed by atoms with Gasteiger partial charge in [0.25, 0.3) is 0 Å². The summed E-state index contributed by atoms with van der Waals surface area (Å²) in [6.07, 6.45) is 0. The zero-order valence-corrected chi connectivity index (χ0v) is 12.3. The van der Waals surface area contributed by atoms with E-state index < -0.39 is 0 Å². The van der Waals surface area contributed by atoms with Gasteiger partial charge in [0, 0.05) is 12.0 Å². The van der Waals surface area contributed by atoms with Crippen molar-refractivity contribution in [3.8, 4) is 0 Å². The molecule has 0 bridgehead atoms. The maximum Gasteiger partial charge on any atom is 0.358 e. The van der Waals surface area contributed by atoms with E-state index in [0.717, 1.165) is 4.88 Å². The third kappa shape index (κ3) is 3.96. The molecule has 0 saturated carbocycles. The third-order valence-corrected chi connectivity index (χ3v) is 3.10. The summed E-state index contributed by atoms with van der Waals surface area (Å²) in [6.45, 7) is 8.57. The lowest BCUT2D eigenvalue weighted by Crippen LogP contribution is -2.35. The van der Waals surface area contributed by atoms with Crippen LogP contribution in [-0.2, 0) is 9.47 Å². The minimum absolute atomic E-state index is 0.231. The van der Waals surface area contributed by atoms with Crippen molar-refractivity contribution in [1.82, 2.24) is 4.98 Å². The Morgan fingerprint density at radius 3 is 2.72 bits per heavy atom. The van der Waals surface area contributed by atoms with Gasteiger partial charge in [0.15, 0.2) is 10.8 Å². The molecular weight excluding hydrogens is 252 g/mol. The van der Waals surface area contributed by atoms with E-state index in [2.05, 4.69) is 10.3 Å². The number of nitrogens with zero attached hydrogens (tertiary/aromatic N) is 1. The molecule has 5 nitrogen and oxygen atoms in total. The normalized spacial score (nSPS) is 11.4. The molecule has 0 unspecified atom stereocenters. The van der Waals surface area contributed by atoms with Crippen molar-refractivity contribution in [3.05, 3.63) is 10.6 Å². The minimum atomic E-state index is -0.371. The van der Waals surface area contributed by atoms with Gasteiger partial charge in [0.05, 0.1) is 18.8 Å². The number of anilines is 1. The second-order valence-electron chi connectivity index (χ2n) is 4.59. The van der Waals surface area contributed by atoms with Crippen molar-refractivity contribution >= 4 is 22.4 Å². The summed E-state index contributed by atoms with van der Waals surface area (Å²) in [5, 5.41) is 3.96. The molecule has 1 aromatic rings. The van der Waals surface area contributed by atoms with E-state index in [4.69, 9.17) is 9.47 Å². The van der Waals surface area contributed by atoms with Crippen molar-refractivity contribution < 1.29 is 14.3 Å². The number of esters is 1. The highest BCUT2D eigenvalue weighted by molar-refractivity contribution is 7.15. The number of rotatable bonds is 6. The average Bonchev–Trinajstić information content (AvgIpc) is 2.58. The number of carbonyl (C=O) groups excluding carboxylic acids is 1. The van der Waals surface area contributed by atoms with Crippen LogP contribution in [0.3, 0.4) is 0 Å². The lowest BCUT2D eigenvalue weighted by molar-refractivity contribution is 0.0519. The van der Waals surface area contributed by atoms with Crippen LogP contribution < -0.4 is 5.32 Å². The van der Waals surface area contributed by atoms with Crippen LogP contribution in [0.5, 0.6) is 0 Å². The highest BCUT2D eigenvalue weighted by Gasteiger charge is 2.22. The molecule has 0 radical (unpaired) electrons. The first-order chi connectivity index (χ1) is 8.39. The van der Waals surface area contributed by atoms with Crippen LogP contribution in [0.25, 0.3) is 0 Å². The van der Waals surface area contributed by atoms with Crippen LogP contribution >= 0.6 is 11.3 Å². The number of carbonyl (C=O) groups is 1. The van der Waals surface area contributed by atoms with Crippen LogP contribution in [0.2, 0.25) is 0 Å². The number of aromatic nitrogens is 1. The van der Waals surface area contributed by atoms with Crippen LogP contribution in [0, 0.1) is 6.92 Å². The highest BCUT2D eigenvalue weighted by Crippen LogP contribution is 2.25. The molecule has 18 heavy (non-hydrogen) atoms. The Labute approximate surface area is 112 Å². The first kappa shape index (κ1) is 14.9. The van der Waals surface area contributed by atoms with Gasteiger partial charge in [-0.1, -0.05) is 0 Å². The predicted molar refractivity (Wildman–Crippen MR) is 72.4 cm³/mol.